The van der Waals surface area contributed by atoms with Crippen molar-refractivity contribution >= 4 is 17.7 Å². The average molecular weight is 303 g/mol. The number of carbonyl (C=O) groups is 2. The quantitative estimate of drug-likeness (QED) is 0.800. The fourth-order valence-electron chi connectivity index (χ4n) is 1.94. The van der Waals surface area contributed by atoms with E-state index < -0.39 is 17.7 Å². The van der Waals surface area contributed by atoms with E-state index in [1.165, 1.54) is 24.4 Å². The van der Waals surface area contributed by atoms with Gasteiger partial charge in [0.2, 0.25) is 0 Å². The third kappa shape index (κ3) is 3.03. The molecule has 6 nitrogen and oxygen atoms in total. The van der Waals surface area contributed by atoms with Crippen LogP contribution in [0.2, 0.25) is 0 Å². The zero-order valence-electron chi connectivity index (χ0n) is 11.8. The van der Waals surface area contributed by atoms with Crippen LogP contribution >= 0.6 is 0 Å². The van der Waals surface area contributed by atoms with Gasteiger partial charge in [-0.05, 0) is 30.7 Å². The van der Waals surface area contributed by atoms with Crippen LogP contribution in [0.4, 0.5) is 10.2 Å². The highest BCUT2D eigenvalue weighted by Crippen LogP contribution is 2.24. The molecule has 0 fully saturated rings. The van der Waals surface area contributed by atoms with Gasteiger partial charge in [-0.25, -0.2) is 14.2 Å². The molecule has 0 spiro atoms. The summed E-state index contributed by atoms with van der Waals surface area (Å²) in [6.07, 6.45) is 1.35. The molecule has 114 valence electrons. The van der Waals surface area contributed by atoms with E-state index in [2.05, 4.69) is 10.3 Å². The summed E-state index contributed by atoms with van der Waals surface area (Å²) in [6.45, 7) is 2.13. The van der Waals surface area contributed by atoms with Crippen LogP contribution in [-0.2, 0) is 0 Å². The molecular formula is C15H14FN3O3. The summed E-state index contributed by atoms with van der Waals surface area (Å²) in [5.74, 6) is -2.53. The van der Waals surface area contributed by atoms with E-state index in [0.717, 1.165) is 6.07 Å². The zero-order chi connectivity index (χ0) is 16.3. The van der Waals surface area contributed by atoms with Crippen molar-refractivity contribution in [2.75, 3.05) is 12.3 Å². The van der Waals surface area contributed by atoms with Crippen molar-refractivity contribution in [1.82, 2.24) is 10.3 Å². The van der Waals surface area contributed by atoms with Crippen molar-refractivity contribution in [1.29, 1.82) is 0 Å². The molecule has 1 heterocycles. The number of anilines is 1. The Bertz CT molecular complexity index is 747. The van der Waals surface area contributed by atoms with Crippen molar-refractivity contribution in [3.05, 3.63) is 47.4 Å². The van der Waals surface area contributed by atoms with Gasteiger partial charge in [0.1, 0.15) is 17.2 Å². The molecule has 0 radical (unpaired) electrons. The number of nitrogens with zero attached hydrogens (tertiary/aromatic N) is 1. The number of hydrogen-bond acceptors (Lipinski definition) is 4. The first-order valence-electron chi connectivity index (χ1n) is 6.51. The predicted molar refractivity (Wildman–Crippen MR) is 79.0 cm³/mol. The number of amides is 1. The van der Waals surface area contributed by atoms with Gasteiger partial charge in [-0.2, -0.15) is 0 Å². The summed E-state index contributed by atoms with van der Waals surface area (Å²) >= 11 is 0. The molecule has 1 aromatic heterocycles. The lowest BCUT2D eigenvalue weighted by Gasteiger charge is -2.08. The minimum absolute atomic E-state index is 0.0764. The Morgan fingerprint density at radius 3 is 2.59 bits per heavy atom. The molecule has 0 aliphatic carbocycles. The highest BCUT2D eigenvalue weighted by atomic mass is 19.1. The maximum atomic E-state index is 14.0. The summed E-state index contributed by atoms with van der Waals surface area (Å²) in [6, 6.07) is 5.33. The smallest absolute Gasteiger partial charge is 0.339 e. The number of benzene rings is 1. The summed E-state index contributed by atoms with van der Waals surface area (Å²) in [5.41, 5.74) is 6.04. The van der Waals surface area contributed by atoms with E-state index in [9.17, 15) is 14.0 Å². The Morgan fingerprint density at radius 1 is 1.27 bits per heavy atom. The zero-order valence-corrected chi connectivity index (χ0v) is 11.8. The van der Waals surface area contributed by atoms with E-state index in [1.807, 2.05) is 0 Å². The van der Waals surface area contributed by atoms with Crippen LogP contribution < -0.4 is 11.1 Å². The number of aromatic nitrogens is 1. The van der Waals surface area contributed by atoms with Crippen molar-refractivity contribution in [2.24, 2.45) is 0 Å². The molecule has 2 aromatic rings. The summed E-state index contributed by atoms with van der Waals surface area (Å²) in [7, 11) is 0. The minimum Gasteiger partial charge on any atom is -0.478 e. The maximum absolute atomic E-state index is 14.0. The normalized spacial score (nSPS) is 10.3. The molecule has 1 aromatic carbocycles. The number of carboxylic acids is 1. The lowest BCUT2D eigenvalue weighted by Crippen LogP contribution is -2.23. The number of aromatic carboxylic acids is 1. The van der Waals surface area contributed by atoms with E-state index >= 15 is 0 Å². The molecule has 22 heavy (non-hydrogen) atoms. The van der Waals surface area contributed by atoms with E-state index in [-0.39, 0.29) is 16.9 Å². The van der Waals surface area contributed by atoms with Gasteiger partial charge in [0.25, 0.3) is 5.91 Å². The van der Waals surface area contributed by atoms with Gasteiger partial charge in [0, 0.05) is 18.3 Å². The number of rotatable bonds is 4. The largest absolute Gasteiger partial charge is 0.478 e. The number of pyridine rings is 1. The van der Waals surface area contributed by atoms with Gasteiger partial charge in [-0.15, -0.1) is 0 Å². The number of hydrogen-bond donors (Lipinski definition) is 3. The third-order valence-corrected chi connectivity index (χ3v) is 3.03. The number of nitrogen functional groups attached to an aromatic ring is 1. The van der Waals surface area contributed by atoms with Gasteiger partial charge < -0.3 is 16.2 Å². The number of nitrogens with two attached hydrogens (primary N) is 1. The van der Waals surface area contributed by atoms with Gasteiger partial charge in [-0.1, -0.05) is 6.07 Å². The molecule has 2 rings (SSSR count). The first kappa shape index (κ1) is 15.4. The molecule has 1 amide bonds. The Kier molecular flexibility index (Phi) is 4.36. The fraction of sp³-hybridized carbons (Fsp3) is 0.133. The van der Waals surface area contributed by atoms with Gasteiger partial charge in [0.05, 0.1) is 5.56 Å². The number of halogens is 1. The Balaban J connectivity index is 2.42. The molecule has 0 saturated heterocycles. The molecular weight excluding hydrogens is 289 g/mol. The second-order valence-electron chi connectivity index (χ2n) is 4.52. The highest BCUT2D eigenvalue weighted by Gasteiger charge is 2.14. The van der Waals surface area contributed by atoms with Crippen LogP contribution in [0.5, 0.6) is 0 Å². The first-order valence-corrected chi connectivity index (χ1v) is 6.51. The van der Waals surface area contributed by atoms with Crippen molar-refractivity contribution in [3.8, 4) is 11.1 Å². The van der Waals surface area contributed by atoms with E-state index in [0.29, 0.717) is 17.7 Å². The highest BCUT2D eigenvalue weighted by molar-refractivity contribution is 5.96. The van der Waals surface area contributed by atoms with Gasteiger partial charge in [-0.3, -0.25) is 4.79 Å². The molecule has 0 aliphatic rings. The standard InChI is InChI=1S/C15H14FN3O3/c1-2-18-14(20)10-4-3-8(6-12(10)16)9-5-11(15(21)22)13(17)19-7-9/h3-7H,2H2,1H3,(H2,17,19)(H,18,20)(H,21,22). The SMILES string of the molecule is CCNC(=O)c1ccc(-c2cnc(N)c(C(=O)O)c2)cc1F. The molecule has 0 atom stereocenters. The Hall–Kier alpha value is -2.96. The molecule has 4 N–H and O–H groups in total. The Labute approximate surface area is 125 Å². The topological polar surface area (TPSA) is 105 Å². The van der Waals surface area contributed by atoms with Crippen LogP contribution in [0.25, 0.3) is 11.1 Å². The summed E-state index contributed by atoms with van der Waals surface area (Å²) < 4.78 is 14.0. The lowest BCUT2D eigenvalue weighted by atomic mass is 10.0. The van der Waals surface area contributed by atoms with Crippen LogP contribution in [0, 0.1) is 5.82 Å². The summed E-state index contributed by atoms with van der Waals surface area (Å²) in [4.78, 5) is 26.5. The molecule has 7 heteroatoms. The Morgan fingerprint density at radius 2 is 2.00 bits per heavy atom. The van der Waals surface area contributed by atoms with Crippen molar-refractivity contribution in [2.45, 2.75) is 6.92 Å². The monoisotopic (exact) mass is 303 g/mol. The predicted octanol–water partition coefficient (Wildman–Crippen LogP) is 1.92. The maximum Gasteiger partial charge on any atom is 0.339 e. The number of carboxylic acid groups (broad SMARTS) is 1. The molecule has 0 bridgehead atoms. The van der Waals surface area contributed by atoms with Crippen LogP contribution in [0.3, 0.4) is 0 Å². The second kappa shape index (κ2) is 6.21. The second-order valence-corrected chi connectivity index (χ2v) is 4.52. The lowest BCUT2D eigenvalue weighted by molar-refractivity contribution is 0.0697. The van der Waals surface area contributed by atoms with Crippen LogP contribution in [0.1, 0.15) is 27.6 Å². The third-order valence-electron chi connectivity index (χ3n) is 3.03. The number of nitrogens with one attached hydrogen (secondary N) is 1. The van der Waals surface area contributed by atoms with Gasteiger partial charge in [0.15, 0.2) is 0 Å². The van der Waals surface area contributed by atoms with Crippen molar-refractivity contribution in [3.63, 3.8) is 0 Å². The minimum atomic E-state index is -1.22. The molecule has 0 aliphatic heterocycles. The summed E-state index contributed by atoms with van der Waals surface area (Å²) in [5, 5.41) is 11.5. The first-order chi connectivity index (χ1) is 10.4. The fourth-order valence-corrected chi connectivity index (χ4v) is 1.94. The molecule has 0 saturated carbocycles. The average Bonchev–Trinajstić information content (AvgIpc) is 2.47. The van der Waals surface area contributed by atoms with Crippen LogP contribution in [0.15, 0.2) is 30.5 Å². The van der Waals surface area contributed by atoms with Crippen LogP contribution in [-0.4, -0.2) is 28.5 Å². The van der Waals surface area contributed by atoms with Crippen molar-refractivity contribution < 1.29 is 19.1 Å². The van der Waals surface area contributed by atoms with E-state index in [1.54, 1.807) is 6.92 Å². The van der Waals surface area contributed by atoms with Gasteiger partial charge >= 0.3 is 5.97 Å². The van der Waals surface area contributed by atoms with E-state index in [4.69, 9.17) is 10.8 Å². The number of carbonyl (C=O) groups excluding carboxylic acids is 1. The molecule has 0 unspecified atom stereocenters.